The molecule has 0 saturated carbocycles. The molecule has 0 aliphatic heterocycles. The molecule has 0 radical (unpaired) electrons. The molecule has 0 unspecified atom stereocenters. The van der Waals surface area contributed by atoms with E-state index in [1.54, 1.807) is 97.0 Å². The monoisotopic (exact) mass is 504 g/mol. The highest BCUT2D eigenvalue weighted by Gasteiger charge is 2.22. The van der Waals surface area contributed by atoms with Crippen LogP contribution in [0.5, 0.6) is 0 Å². The summed E-state index contributed by atoms with van der Waals surface area (Å²) >= 11 is 0. The van der Waals surface area contributed by atoms with Gasteiger partial charge in [0.2, 0.25) is 0 Å². The number of amides is 2. The lowest BCUT2D eigenvalue weighted by atomic mass is 10.2. The van der Waals surface area contributed by atoms with E-state index < -0.39 is 33.4 Å². The Bertz CT molecular complexity index is 1300. The van der Waals surface area contributed by atoms with Crippen molar-refractivity contribution in [3.05, 3.63) is 54.2 Å². The van der Waals surface area contributed by atoms with Crippen molar-refractivity contribution >= 4 is 39.1 Å². The molecule has 2 aromatic heterocycles. The van der Waals surface area contributed by atoms with Crippen LogP contribution in [0.3, 0.4) is 0 Å². The molecule has 0 atom stereocenters. The highest BCUT2D eigenvalue weighted by molar-refractivity contribution is 7.90. The number of carbonyl (C=O) groups excluding carboxylic acids is 2. The van der Waals surface area contributed by atoms with Crippen LogP contribution in [0.2, 0.25) is 0 Å². The van der Waals surface area contributed by atoms with E-state index in [0.29, 0.717) is 16.7 Å². The Kier molecular flexibility index (Phi) is 8.17. The predicted molar refractivity (Wildman–Crippen MR) is 134 cm³/mol. The number of hydrogen-bond acceptors (Lipinski definition) is 7. The molecule has 0 saturated heterocycles. The van der Waals surface area contributed by atoms with E-state index in [9.17, 15) is 18.0 Å². The molecular formula is C24H32N4O6S. The van der Waals surface area contributed by atoms with Gasteiger partial charge in [0, 0.05) is 5.69 Å². The van der Waals surface area contributed by atoms with Crippen LogP contribution in [0.1, 0.15) is 47.2 Å². The average Bonchev–Trinajstić information content (AvgIpc) is 3.01. The molecule has 0 spiro atoms. The largest absolute Gasteiger partial charge is 0.444 e. The average molecular weight is 505 g/mol. The fourth-order valence-electron chi connectivity index (χ4n) is 2.99. The van der Waals surface area contributed by atoms with Crippen molar-refractivity contribution in [2.24, 2.45) is 5.73 Å². The zero-order chi connectivity index (χ0) is 26.6. The van der Waals surface area contributed by atoms with Crippen LogP contribution in [-0.4, -0.2) is 40.8 Å². The normalized spacial score (nSPS) is 11.9. The van der Waals surface area contributed by atoms with Gasteiger partial charge in [-0.15, -0.1) is 0 Å². The first-order valence-corrected chi connectivity index (χ1v) is 12.2. The van der Waals surface area contributed by atoms with Crippen LogP contribution in [0.15, 0.2) is 53.4 Å². The van der Waals surface area contributed by atoms with Gasteiger partial charge in [-0.25, -0.2) is 27.0 Å². The third-order valence-electron chi connectivity index (χ3n) is 4.10. The molecule has 2 amide bonds. The zero-order valence-corrected chi connectivity index (χ0v) is 21.8. The summed E-state index contributed by atoms with van der Waals surface area (Å²) in [5, 5.41) is 2.56. The van der Waals surface area contributed by atoms with Gasteiger partial charge in [-0.2, -0.15) is 0 Å². The van der Waals surface area contributed by atoms with Gasteiger partial charge in [0.15, 0.2) is 0 Å². The molecule has 0 fully saturated rings. The Morgan fingerprint density at radius 2 is 1.51 bits per heavy atom. The van der Waals surface area contributed by atoms with Crippen molar-refractivity contribution in [2.45, 2.75) is 64.6 Å². The van der Waals surface area contributed by atoms with Crippen LogP contribution in [0, 0.1) is 6.92 Å². The van der Waals surface area contributed by atoms with Crippen LogP contribution >= 0.6 is 0 Å². The molecule has 3 aromatic rings. The van der Waals surface area contributed by atoms with Gasteiger partial charge in [-0.3, -0.25) is 5.32 Å². The minimum atomic E-state index is -3.75. The van der Waals surface area contributed by atoms with Crippen molar-refractivity contribution in [1.29, 1.82) is 0 Å². The number of primary amides is 1. The van der Waals surface area contributed by atoms with Gasteiger partial charge in [0.05, 0.1) is 15.9 Å². The fraction of sp³-hybridized carbons (Fsp3) is 0.375. The lowest BCUT2D eigenvalue weighted by Crippen LogP contribution is -2.27. The summed E-state index contributed by atoms with van der Waals surface area (Å²) in [5.74, 6) is 0.283. The summed E-state index contributed by atoms with van der Waals surface area (Å²) in [6, 6.07) is 13.0. The maximum Gasteiger partial charge on any atom is 0.413 e. The minimum absolute atomic E-state index is 0.196. The van der Waals surface area contributed by atoms with E-state index in [2.05, 4.69) is 15.0 Å². The van der Waals surface area contributed by atoms with Crippen LogP contribution in [0.25, 0.3) is 11.0 Å². The SMILES string of the molecule is CC(C)(C)OC(N)=O.Cc1cc2nc(NC(=O)OC(C)(C)C)ccc2n1S(=O)(=O)c1ccccc1. The number of ether oxygens (including phenoxy) is 2. The molecule has 190 valence electrons. The number of anilines is 1. The first kappa shape index (κ1) is 27.6. The summed E-state index contributed by atoms with van der Waals surface area (Å²) in [6.07, 6.45) is -1.35. The number of nitrogens with zero attached hydrogens (tertiary/aromatic N) is 2. The second-order valence-electron chi connectivity index (χ2n) is 9.63. The van der Waals surface area contributed by atoms with Crippen molar-refractivity contribution < 1.29 is 27.5 Å². The van der Waals surface area contributed by atoms with Crippen molar-refractivity contribution in [2.75, 3.05) is 5.32 Å². The molecule has 1 aromatic carbocycles. The Labute approximate surface area is 205 Å². The summed E-state index contributed by atoms with van der Waals surface area (Å²) in [5.41, 5.74) is 5.06. The van der Waals surface area contributed by atoms with Crippen molar-refractivity contribution in [3.63, 3.8) is 0 Å². The Morgan fingerprint density at radius 3 is 2.00 bits per heavy atom. The minimum Gasteiger partial charge on any atom is -0.444 e. The second-order valence-corrected chi connectivity index (χ2v) is 11.4. The summed E-state index contributed by atoms with van der Waals surface area (Å²) in [4.78, 5) is 26.5. The highest BCUT2D eigenvalue weighted by Crippen LogP contribution is 2.25. The van der Waals surface area contributed by atoms with Gasteiger partial charge in [-0.05, 0) is 78.8 Å². The van der Waals surface area contributed by atoms with Gasteiger partial charge >= 0.3 is 12.2 Å². The number of aryl methyl sites for hydroxylation is 1. The predicted octanol–water partition coefficient (Wildman–Crippen LogP) is 4.81. The first-order valence-electron chi connectivity index (χ1n) is 10.8. The molecule has 35 heavy (non-hydrogen) atoms. The molecule has 3 rings (SSSR count). The number of nitrogens with two attached hydrogens (primary N) is 1. The summed E-state index contributed by atoms with van der Waals surface area (Å²) < 4.78 is 37.0. The molecule has 3 N–H and O–H groups in total. The number of benzene rings is 1. The number of carbonyl (C=O) groups is 2. The quantitative estimate of drug-likeness (QED) is 0.521. The number of pyridine rings is 1. The molecule has 11 heteroatoms. The molecule has 0 bridgehead atoms. The standard InChI is InChI=1S/C19H21N3O4S.C5H11NO2/c1-13-12-15-16(22(13)27(24,25)14-8-6-5-7-9-14)10-11-17(20-15)21-18(23)26-19(2,3)4;1-5(2,3)8-4(6)7/h5-12H,1-4H3,(H,20,21,23);1-3H3,(H2,6,7). The fourth-order valence-corrected chi connectivity index (χ4v) is 4.55. The Hall–Kier alpha value is -3.60. The number of hydrogen-bond donors (Lipinski definition) is 2. The van der Waals surface area contributed by atoms with Crippen LogP contribution in [-0.2, 0) is 19.5 Å². The van der Waals surface area contributed by atoms with E-state index >= 15 is 0 Å². The first-order chi connectivity index (χ1) is 16.0. The van der Waals surface area contributed by atoms with Crippen molar-refractivity contribution in [3.8, 4) is 0 Å². The van der Waals surface area contributed by atoms with E-state index in [-0.39, 0.29) is 10.7 Å². The lowest BCUT2D eigenvalue weighted by molar-refractivity contribution is 0.0596. The smallest absolute Gasteiger partial charge is 0.413 e. The van der Waals surface area contributed by atoms with Gasteiger partial charge in [-0.1, -0.05) is 18.2 Å². The highest BCUT2D eigenvalue weighted by atomic mass is 32.2. The maximum atomic E-state index is 13.0. The Balaban J connectivity index is 0.000000466. The number of rotatable bonds is 3. The second kappa shape index (κ2) is 10.3. The Morgan fingerprint density at radius 1 is 0.943 bits per heavy atom. The molecular weight excluding hydrogens is 472 g/mol. The van der Waals surface area contributed by atoms with Crippen LogP contribution in [0.4, 0.5) is 15.4 Å². The molecule has 0 aliphatic carbocycles. The third-order valence-corrected chi connectivity index (χ3v) is 5.94. The van der Waals surface area contributed by atoms with Gasteiger partial charge < -0.3 is 15.2 Å². The molecule has 0 aliphatic rings. The number of aromatic nitrogens is 2. The van der Waals surface area contributed by atoms with E-state index in [1.807, 2.05) is 0 Å². The van der Waals surface area contributed by atoms with Crippen LogP contribution < -0.4 is 11.1 Å². The summed E-state index contributed by atoms with van der Waals surface area (Å²) in [7, 11) is -3.75. The molecule has 2 heterocycles. The van der Waals surface area contributed by atoms with Crippen molar-refractivity contribution in [1.82, 2.24) is 8.96 Å². The van der Waals surface area contributed by atoms with E-state index in [1.165, 1.54) is 3.97 Å². The number of nitrogens with one attached hydrogen (secondary N) is 1. The maximum absolute atomic E-state index is 13.0. The number of fused-ring (bicyclic) bond motifs is 1. The molecule has 10 nitrogen and oxygen atoms in total. The third kappa shape index (κ3) is 7.99. The van der Waals surface area contributed by atoms with Gasteiger partial charge in [0.1, 0.15) is 17.0 Å². The van der Waals surface area contributed by atoms with Gasteiger partial charge in [0.25, 0.3) is 10.0 Å². The zero-order valence-electron chi connectivity index (χ0n) is 20.9. The van der Waals surface area contributed by atoms with E-state index in [0.717, 1.165) is 0 Å². The lowest BCUT2D eigenvalue weighted by Gasteiger charge is -2.19. The summed E-state index contributed by atoms with van der Waals surface area (Å²) in [6.45, 7) is 12.3. The topological polar surface area (TPSA) is 143 Å². The van der Waals surface area contributed by atoms with E-state index in [4.69, 9.17) is 10.5 Å².